The summed E-state index contributed by atoms with van der Waals surface area (Å²) >= 11 is 15.7. The molecule has 172 valence electrons. The number of carbonyl (C=O) groups excluding carboxylic acids is 3. The molecule has 6 nitrogen and oxygen atoms in total. The molecule has 0 spiro atoms. The van der Waals surface area contributed by atoms with Crippen LogP contribution in [-0.4, -0.2) is 17.7 Å². The maximum Gasteiger partial charge on any atom is 0.283 e. The second-order valence-corrected chi connectivity index (χ2v) is 9.23. The second-order valence-electron chi connectivity index (χ2n) is 7.59. The maximum atomic E-state index is 12.9. The molecule has 0 saturated heterocycles. The molecule has 3 amide bonds. The number of benzene rings is 3. The predicted molar refractivity (Wildman–Crippen MR) is 138 cm³/mol. The van der Waals surface area contributed by atoms with Crippen molar-refractivity contribution in [3.05, 3.63) is 98.1 Å². The highest BCUT2D eigenvalue weighted by molar-refractivity contribution is 9.10. The van der Waals surface area contributed by atoms with Crippen molar-refractivity contribution in [1.82, 2.24) is 0 Å². The summed E-state index contributed by atoms with van der Waals surface area (Å²) in [5.74, 6) is -1.37. The molecular weight excluding hydrogens is 541 g/mol. The van der Waals surface area contributed by atoms with Gasteiger partial charge < -0.3 is 10.6 Å². The Morgan fingerprint density at radius 3 is 2.35 bits per heavy atom. The molecule has 1 aliphatic rings. The molecule has 3 aromatic carbocycles. The van der Waals surface area contributed by atoms with Gasteiger partial charge >= 0.3 is 0 Å². The number of para-hydroxylation sites is 1. The van der Waals surface area contributed by atoms with Gasteiger partial charge in [0.2, 0.25) is 5.91 Å². The van der Waals surface area contributed by atoms with Crippen molar-refractivity contribution >= 4 is 73.9 Å². The van der Waals surface area contributed by atoms with Crippen LogP contribution in [0.2, 0.25) is 5.02 Å². The van der Waals surface area contributed by atoms with Crippen molar-refractivity contribution in [3.63, 3.8) is 0 Å². The molecule has 4 rings (SSSR count). The van der Waals surface area contributed by atoms with Crippen LogP contribution < -0.4 is 15.5 Å². The molecule has 9 heteroatoms. The molecular formula is C25H18BrCl2N3O3. The Balaban J connectivity index is 1.44. The number of halogens is 3. The van der Waals surface area contributed by atoms with Crippen molar-refractivity contribution in [2.75, 3.05) is 15.5 Å². The number of hydrogen-bond donors (Lipinski definition) is 2. The van der Waals surface area contributed by atoms with E-state index in [4.69, 9.17) is 23.2 Å². The van der Waals surface area contributed by atoms with Crippen molar-refractivity contribution in [2.24, 2.45) is 0 Å². The number of anilines is 3. The van der Waals surface area contributed by atoms with E-state index in [0.717, 1.165) is 20.5 Å². The standard InChI is InChI=1S/C25H18BrCl2N3O3/c1-14-6-11-17(13-19(14)27)31-24(33)22(28)23(25(31)34)29-16-9-7-15(8-10-16)12-21(32)30-20-5-3-2-4-18(20)26/h2-11,13,29H,12H2,1H3,(H,30,32). The van der Waals surface area contributed by atoms with Gasteiger partial charge in [0.05, 0.1) is 17.8 Å². The van der Waals surface area contributed by atoms with Crippen molar-refractivity contribution < 1.29 is 14.4 Å². The number of rotatable bonds is 6. The van der Waals surface area contributed by atoms with Gasteiger partial charge in [0.25, 0.3) is 11.8 Å². The molecule has 0 aliphatic carbocycles. The molecule has 34 heavy (non-hydrogen) atoms. The molecule has 0 bridgehead atoms. The smallest absolute Gasteiger partial charge is 0.283 e. The summed E-state index contributed by atoms with van der Waals surface area (Å²) in [6.45, 7) is 1.83. The first-order valence-electron chi connectivity index (χ1n) is 10.2. The van der Waals surface area contributed by atoms with Crippen LogP contribution in [0, 0.1) is 6.92 Å². The summed E-state index contributed by atoms with van der Waals surface area (Å²) < 4.78 is 0.797. The lowest BCUT2D eigenvalue weighted by Crippen LogP contribution is -2.32. The van der Waals surface area contributed by atoms with Crippen LogP contribution in [0.5, 0.6) is 0 Å². The van der Waals surface area contributed by atoms with Gasteiger partial charge in [-0.05, 0) is 70.4 Å². The van der Waals surface area contributed by atoms with Gasteiger partial charge in [0.15, 0.2) is 0 Å². The van der Waals surface area contributed by atoms with E-state index in [1.165, 1.54) is 0 Å². The van der Waals surface area contributed by atoms with Gasteiger partial charge in [-0.2, -0.15) is 0 Å². The summed E-state index contributed by atoms with van der Waals surface area (Å²) in [5.41, 5.74) is 3.16. The first-order valence-corrected chi connectivity index (χ1v) is 11.7. The predicted octanol–water partition coefficient (Wildman–Crippen LogP) is 6.03. The average Bonchev–Trinajstić information content (AvgIpc) is 3.01. The molecule has 0 radical (unpaired) electrons. The van der Waals surface area contributed by atoms with Crippen LogP contribution in [0.4, 0.5) is 17.1 Å². The Kier molecular flexibility index (Phi) is 7.07. The zero-order valence-corrected chi connectivity index (χ0v) is 21.0. The molecule has 0 aromatic heterocycles. The first-order chi connectivity index (χ1) is 16.2. The number of amides is 3. The Labute approximate surface area is 214 Å². The average molecular weight is 559 g/mol. The minimum absolute atomic E-state index is 0.0252. The number of aryl methyl sites for hydroxylation is 1. The number of hydrogen-bond acceptors (Lipinski definition) is 4. The fourth-order valence-corrected chi connectivity index (χ4v) is 4.13. The van der Waals surface area contributed by atoms with Gasteiger partial charge in [-0.1, -0.05) is 53.5 Å². The van der Waals surface area contributed by atoms with Crippen LogP contribution >= 0.6 is 39.1 Å². The lowest BCUT2D eigenvalue weighted by molar-refractivity contribution is -0.120. The monoisotopic (exact) mass is 557 g/mol. The van der Waals surface area contributed by atoms with Gasteiger partial charge in [0, 0.05) is 15.2 Å². The van der Waals surface area contributed by atoms with Gasteiger partial charge in [-0.15, -0.1) is 0 Å². The second kappa shape index (κ2) is 10.0. The number of nitrogens with one attached hydrogen (secondary N) is 2. The lowest BCUT2D eigenvalue weighted by atomic mass is 10.1. The molecule has 0 fully saturated rings. The van der Waals surface area contributed by atoms with Crippen molar-refractivity contribution in [1.29, 1.82) is 0 Å². The molecule has 0 unspecified atom stereocenters. The SMILES string of the molecule is Cc1ccc(N2C(=O)C(Cl)=C(Nc3ccc(CC(=O)Nc4ccccc4Br)cc3)C2=O)cc1Cl. The third-order valence-corrected chi connectivity index (χ3v) is 6.63. The van der Waals surface area contributed by atoms with E-state index in [2.05, 4.69) is 26.6 Å². The fraction of sp³-hybridized carbons (Fsp3) is 0.0800. The molecule has 0 atom stereocenters. The van der Waals surface area contributed by atoms with Crippen LogP contribution in [0.3, 0.4) is 0 Å². The van der Waals surface area contributed by atoms with E-state index in [-0.39, 0.29) is 23.1 Å². The highest BCUT2D eigenvalue weighted by atomic mass is 79.9. The van der Waals surface area contributed by atoms with Crippen LogP contribution in [-0.2, 0) is 20.8 Å². The van der Waals surface area contributed by atoms with E-state index in [1.807, 2.05) is 25.1 Å². The zero-order chi connectivity index (χ0) is 24.4. The van der Waals surface area contributed by atoms with Gasteiger partial charge in [-0.25, -0.2) is 4.90 Å². The summed E-state index contributed by atoms with van der Waals surface area (Å²) in [4.78, 5) is 38.9. The lowest BCUT2D eigenvalue weighted by Gasteiger charge is -2.16. The third kappa shape index (κ3) is 5.01. The largest absolute Gasteiger partial charge is 0.350 e. The fourth-order valence-electron chi connectivity index (χ4n) is 3.36. The molecule has 0 saturated carbocycles. The third-order valence-electron chi connectivity index (χ3n) is 5.18. The van der Waals surface area contributed by atoms with Gasteiger partial charge in [0.1, 0.15) is 10.7 Å². The molecule has 1 aliphatic heterocycles. The summed E-state index contributed by atoms with van der Waals surface area (Å²) in [6, 6.07) is 19.2. The Hall–Kier alpha value is -3.13. The molecule has 3 aromatic rings. The van der Waals surface area contributed by atoms with E-state index in [0.29, 0.717) is 22.1 Å². The normalized spacial score (nSPS) is 13.5. The Morgan fingerprint density at radius 2 is 1.68 bits per heavy atom. The Morgan fingerprint density at radius 1 is 0.971 bits per heavy atom. The quantitative estimate of drug-likeness (QED) is 0.362. The van der Waals surface area contributed by atoms with Crippen LogP contribution in [0.15, 0.2) is 81.9 Å². The maximum absolute atomic E-state index is 12.9. The van der Waals surface area contributed by atoms with Crippen LogP contribution in [0.1, 0.15) is 11.1 Å². The minimum Gasteiger partial charge on any atom is -0.350 e. The van der Waals surface area contributed by atoms with E-state index in [1.54, 1.807) is 48.5 Å². The van der Waals surface area contributed by atoms with E-state index < -0.39 is 11.8 Å². The number of carbonyl (C=O) groups is 3. The Bertz CT molecular complexity index is 1340. The topological polar surface area (TPSA) is 78.5 Å². The first kappa shape index (κ1) is 24.0. The van der Waals surface area contributed by atoms with Gasteiger partial charge in [-0.3, -0.25) is 14.4 Å². The number of imide groups is 1. The summed E-state index contributed by atoms with van der Waals surface area (Å²) in [7, 11) is 0. The summed E-state index contributed by atoms with van der Waals surface area (Å²) in [5, 5.41) is 6.00. The summed E-state index contributed by atoms with van der Waals surface area (Å²) in [6.07, 6.45) is 0.171. The van der Waals surface area contributed by atoms with E-state index in [9.17, 15) is 14.4 Å². The van der Waals surface area contributed by atoms with Crippen LogP contribution in [0.25, 0.3) is 0 Å². The van der Waals surface area contributed by atoms with E-state index >= 15 is 0 Å². The van der Waals surface area contributed by atoms with Crippen molar-refractivity contribution in [2.45, 2.75) is 13.3 Å². The van der Waals surface area contributed by atoms with Crippen molar-refractivity contribution in [3.8, 4) is 0 Å². The minimum atomic E-state index is -0.630. The highest BCUT2D eigenvalue weighted by Crippen LogP contribution is 2.32. The zero-order valence-electron chi connectivity index (χ0n) is 17.9. The number of nitrogens with zero attached hydrogens (tertiary/aromatic N) is 1. The molecule has 1 heterocycles. The molecule has 2 N–H and O–H groups in total. The highest BCUT2D eigenvalue weighted by Gasteiger charge is 2.39.